The van der Waals surface area contributed by atoms with Gasteiger partial charge in [0.05, 0.1) is 11.9 Å². The van der Waals surface area contributed by atoms with Crippen molar-refractivity contribution in [2.75, 3.05) is 25.5 Å². The van der Waals surface area contributed by atoms with Gasteiger partial charge in [-0.25, -0.2) is 5.10 Å². The van der Waals surface area contributed by atoms with Crippen molar-refractivity contribution >= 4 is 21.6 Å². The van der Waals surface area contributed by atoms with Crippen molar-refractivity contribution in [2.45, 2.75) is 25.3 Å². The molecule has 1 saturated heterocycles. The van der Waals surface area contributed by atoms with E-state index in [2.05, 4.69) is 43.4 Å². The molecule has 0 bridgehead atoms. The number of H-pyrrole nitrogens is 1. The third-order valence-electron chi connectivity index (χ3n) is 3.25. The highest BCUT2D eigenvalue weighted by atomic mass is 79.9. The van der Waals surface area contributed by atoms with E-state index in [1.54, 1.807) is 6.20 Å². The second-order valence-electron chi connectivity index (χ2n) is 4.44. The molecule has 1 atom stereocenters. The Hall–Kier alpha value is -0.880. The molecule has 1 aromatic rings. The standard InChI is InChI=1S/C11H17BrN4O/c1-16-5-3-2-4-8(16)6-13-9-7-14-15-11(17)10(9)12/h7-8H,2-6H2,1H3,(H2,13,15,17). The van der Waals surface area contributed by atoms with E-state index in [-0.39, 0.29) is 5.56 Å². The minimum Gasteiger partial charge on any atom is -0.381 e. The van der Waals surface area contributed by atoms with Gasteiger partial charge < -0.3 is 10.2 Å². The van der Waals surface area contributed by atoms with Gasteiger partial charge in [-0.2, -0.15) is 5.10 Å². The molecule has 0 saturated carbocycles. The quantitative estimate of drug-likeness (QED) is 0.886. The van der Waals surface area contributed by atoms with Crippen LogP contribution >= 0.6 is 15.9 Å². The van der Waals surface area contributed by atoms with Crippen molar-refractivity contribution in [2.24, 2.45) is 0 Å². The number of rotatable bonds is 3. The zero-order valence-corrected chi connectivity index (χ0v) is 11.5. The number of aromatic nitrogens is 2. The number of likely N-dealkylation sites (N-methyl/N-ethyl adjacent to an activating group) is 1. The summed E-state index contributed by atoms with van der Waals surface area (Å²) in [4.78, 5) is 13.7. The Morgan fingerprint density at radius 3 is 3.24 bits per heavy atom. The van der Waals surface area contributed by atoms with Gasteiger partial charge in [0.1, 0.15) is 4.47 Å². The molecule has 0 aliphatic carbocycles. The summed E-state index contributed by atoms with van der Waals surface area (Å²) in [7, 11) is 2.15. The molecule has 0 aromatic carbocycles. The van der Waals surface area contributed by atoms with Gasteiger partial charge in [0.2, 0.25) is 0 Å². The summed E-state index contributed by atoms with van der Waals surface area (Å²) in [6, 6.07) is 0.537. The maximum atomic E-state index is 11.3. The maximum Gasteiger partial charge on any atom is 0.280 e. The Bertz CT molecular complexity index is 434. The molecule has 17 heavy (non-hydrogen) atoms. The van der Waals surface area contributed by atoms with Crippen LogP contribution in [0.4, 0.5) is 5.69 Å². The zero-order chi connectivity index (χ0) is 12.3. The highest BCUT2D eigenvalue weighted by Gasteiger charge is 2.18. The van der Waals surface area contributed by atoms with Crippen LogP contribution in [-0.2, 0) is 0 Å². The molecule has 5 nitrogen and oxygen atoms in total. The molecular weight excluding hydrogens is 284 g/mol. The van der Waals surface area contributed by atoms with Crippen molar-refractivity contribution in [3.05, 3.63) is 21.0 Å². The van der Waals surface area contributed by atoms with Crippen LogP contribution in [0.1, 0.15) is 19.3 Å². The summed E-state index contributed by atoms with van der Waals surface area (Å²) in [5.74, 6) is 0. The maximum absolute atomic E-state index is 11.3. The minimum atomic E-state index is -0.202. The lowest BCUT2D eigenvalue weighted by molar-refractivity contribution is 0.194. The molecule has 6 heteroatoms. The number of likely N-dealkylation sites (tertiary alicyclic amines) is 1. The van der Waals surface area contributed by atoms with Gasteiger partial charge >= 0.3 is 0 Å². The van der Waals surface area contributed by atoms with Crippen LogP contribution in [-0.4, -0.2) is 41.3 Å². The molecule has 0 spiro atoms. The zero-order valence-electron chi connectivity index (χ0n) is 9.87. The fraction of sp³-hybridized carbons (Fsp3) is 0.636. The Balaban J connectivity index is 1.97. The minimum absolute atomic E-state index is 0.202. The number of hydrogen-bond donors (Lipinski definition) is 2. The average molecular weight is 301 g/mol. The number of hydrogen-bond acceptors (Lipinski definition) is 4. The number of aromatic amines is 1. The smallest absolute Gasteiger partial charge is 0.280 e. The summed E-state index contributed by atoms with van der Waals surface area (Å²) in [5, 5.41) is 9.45. The molecule has 1 aliphatic rings. The number of halogens is 1. The normalized spacial score (nSPS) is 21.4. The van der Waals surface area contributed by atoms with E-state index in [9.17, 15) is 4.79 Å². The fourth-order valence-corrected chi connectivity index (χ4v) is 2.47. The summed E-state index contributed by atoms with van der Waals surface area (Å²) >= 11 is 3.26. The number of anilines is 1. The van der Waals surface area contributed by atoms with Gasteiger partial charge in [0.15, 0.2) is 0 Å². The van der Waals surface area contributed by atoms with E-state index < -0.39 is 0 Å². The largest absolute Gasteiger partial charge is 0.381 e. The van der Waals surface area contributed by atoms with E-state index in [0.717, 1.165) is 18.8 Å². The lowest BCUT2D eigenvalue weighted by Crippen LogP contribution is -2.40. The van der Waals surface area contributed by atoms with E-state index in [1.165, 1.54) is 19.3 Å². The lowest BCUT2D eigenvalue weighted by atomic mass is 10.0. The van der Waals surface area contributed by atoms with Crippen LogP contribution in [0.15, 0.2) is 15.5 Å². The van der Waals surface area contributed by atoms with Gasteiger partial charge in [-0.1, -0.05) is 6.42 Å². The molecule has 1 fully saturated rings. The Labute approximate surface area is 109 Å². The number of nitrogens with zero attached hydrogens (tertiary/aromatic N) is 2. The van der Waals surface area contributed by atoms with Gasteiger partial charge in [-0.15, -0.1) is 0 Å². The van der Waals surface area contributed by atoms with Crippen LogP contribution in [0, 0.1) is 0 Å². The molecule has 1 aromatic heterocycles. The Kier molecular flexibility index (Phi) is 4.17. The molecule has 94 valence electrons. The third kappa shape index (κ3) is 3.07. The lowest BCUT2D eigenvalue weighted by Gasteiger charge is -2.32. The van der Waals surface area contributed by atoms with Crippen LogP contribution in [0.2, 0.25) is 0 Å². The molecule has 1 aliphatic heterocycles. The first-order chi connectivity index (χ1) is 8.18. The molecular formula is C11H17BrN4O. The van der Waals surface area contributed by atoms with E-state index in [0.29, 0.717) is 10.5 Å². The van der Waals surface area contributed by atoms with Crippen molar-refractivity contribution in [3.8, 4) is 0 Å². The molecule has 2 heterocycles. The average Bonchev–Trinajstić information content (AvgIpc) is 2.33. The molecule has 0 radical (unpaired) electrons. The summed E-state index contributed by atoms with van der Waals surface area (Å²) < 4.78 is 0.519. The molecule has 2 N–H and O–H groups in total. The summed E-state index contributed by atoms with van der Waals surface area (Å²) in [6.45, 7) is 2.00. The first kappa shape index (κ1) is 12.6. The van der Waals surface area contributed by atoms with Gasteiger partial charge in [0, 0.05) is 12.6 Å². The number of nitrogens with one attached hydrogen (secondary N) is 2. The Morgan fingerprint density at radius 2 is 2.47 bits per heavy atom. The van der Waals surface area contributed by atoms with Crippen LogP contribution in [0.25, 0.3) is 0 Å². The molecule has 2 rings (SSSR count). The van der Waals surface area contributed by atoms with Crippen molar-refractivity contribution in [1.29, 1.82) is 0 Å². The third-order valence-corrected chi connectivity index (χ3v) is 4.03. The van der Waals surface area contributed by atoms with E-state index in [1.807, 2.05) is 0 Å². The highest BCUT2D eigenvalue weighted by Crippen LogP contribution is 2.18. The Morgan fingerprint density at radius 1 is 1.65 bits per heavy atom. The fourth-order valence-electron chi connectivity index (χ4n) is 2.14. The summed E-state index contributed by atoms with van der Waals surface area (Å²) in [5.41, 5.74) is 0.555. The monoisotopic (exact) mass is 300 g/mol. The van der Waals surface area contributed by atoms with Crippen molar-refractivity contribution in [1.82, 2.24) is 15.1 Å². The molecule has 0 amide bonds. The van der Waals surface area contributed by atoms with Crippen LogP contribution in [0.5, 0.6) is 0 Å². The van der Waals surface area contributed by atoms with Gasteiger partial charge in [-0.05, 0) is 42.4 Å². The highest BCUT2D eigenvalue weighted by molar-refractivity contribution is 9.10. The predicted molar refractivity (Wildman–Crippen MR) is 71.3 cm³/mol. The summed E-state index contributed by atoms with van der Waals surface area (Å²) in [6.07, 6.45) is 5.40. The van der Waals surface area contributed by atoms with Gasteiger partial charge in [0.25, 0.3) is 5.56 Å². The van der Waals surface area contributed by atoms with Crippen LogP contribution < -0.4 is 10.9 Å². The first-order valence-electron chi connectivity index (χ1n) is 5.86. The number of piperidine rings is 1. The second-order valence-corrected chi connectivity index (χ2v) is 5.23. The van der Waals surface area contributed by atoms with Crippen molar-refractivity contribution < 1.29 is 0 Å². The van der Waals surface area contributed by atoms with E-state index in [4.69, 9.17) is 0 Å². The van der Waals surface area contributed by atoms with E-state index >= 15 is 0 Å². The topological polar surface area (TPSA) is 61.0 Å². The molecule has 1 unspecified atom stereocenters. The predicted octanol–water partition coefficient (Wildman–Crippen LogP) is 1.43. The van der Waals surface area contributed by atoms with Gasteiger partial charge in [-0.3, -0.25) is 4.79 Å². The van der Waals surface area contributed by atoms with Crippen LogP contribution in [0.3, 0.4) is 0 Å². The SMILES string of the molecule is CN1CCCCC1CNc1cn[nH]c(=O)c1Br. The second kappa shape index (κ2) is 5.64. The first-order valence-corrected chi connectivity index (χ1v) is 6.65. The van der Waals surface area contributed by atoms with Crippen molar-refractivity contribution in [3.63, 3.8) is 0 Å².